The van der Waals surface area contributed by atoms with Crippen molar-refractivity contribution in [1.29, 1.82) is 0 Å². The molecule has 0 amide bonds. The van der Waals surface area contributed by atoms with Crippen molar-refractivity contribution in [2.75, 3.05) is 12.3 Å². The van der Waals surface area contributed by atoms with E-state index in [-0.39, 0.29) is 0 Å². The van der Waals surface area contributed by atoms with E-state index >= 15 is 0 Å². The van der Waals surface area contributed by atoms with E-state index in [1.807, 2.05) is 0 Å². The molecule has 1 heterocycles. The molecule has 0 saturated carbocycles. The Kier molecular flexibility index (Phi) is 8.12. The maximum Gasteiger partial charge on any atom is 0.0318 e. The zero-order valence-corrected chi connectivity index (χ0v) is 19.7. The van der Waals surface area contributed by atoms with Gasteiger partial charge in [-0.1, -0.05) is 56.7 Å². The van der Waals surface area contributed by atoms with Gasteiger partial charge in [0.1, 0.15) is 0 Å². The summed E-state index contributed by atoms with van der Waals surface area (Å²) in [5.41, 5.74) is 8.69. The molecule has 1 aliphatic carbocycles. The van der Waals surface area contributed by atoms with E-state index in [1.165, 1.54) is 61.9 Å². The van der Waals surface area contributed by atoms with Gasteiger partial charge in [0.15, 0.2) is 0 Å². The minimum absolute atomic E-state index is 0.603. The van der Waals surface area contributed by atoms with Gasteiger partial charge in [-0.25, -0.2) is 0 Å². The number of thioether (sulfide) groups is 1. The van der Waals surface area contributed by atoms with Crippen molar-refractivity contribution in [3.8, 4) is 0 Å². The molecule has 1 fully saturated rings. The maximum absolute atomic E-state index is 4.23. The van der Waals surface area contributed by atoms with Crippen LogP contribution >= 0.6 is 11.8 Å². The average molecular weight is 410 g/mol. The standard InChI is InChI=1S/C27H39NS/c1-6-7-8-11-24-15-16-26(25-12-9-10-20(2)19-25)23(5)27(24)29-18-17-28-21(3)13-14-22(28)4/h15-16,19,25H,3-4,6-14,17-18H2,1-2,5H3. The Balaban J connectivity index is 1.78. The van der Waals surface area contributed by atoms with Crippen molar-refractivity contribution in [3.05, 3.63) is 65.0 Å². The third-order valence-electron chi connectivity index (χ3n) is 6.58. The Bertz CT molecular complexity index is 757. The number of nitrogens with zero attached hydrogens (tertiary/aromatic N) is 1. The molecule has 1 aromatic carbocycles. The minimum Gasteiger partial charge on any atom is -0.349 e. The van der Waals surface area contributed by atoms with E-state index in [2.05, 4.69) is 68.8 Å². The SMILES string of the molecule is C=C1CCC(=C)N1CCSc1c(CCCCC)ccc(C2C=C(C)CCC2)c1C. The van der Waals surface area contributed by atoms with Crippen LogP contribution in [0.3, 0.4) is 0 Å². The molecular weight excluding hydrogens is 370 g/mol. The van der Waals surface area contributed by atoms with E-state index in [9.17, 15) is 0 Å². The molecular formula is C27H39NS. The fraction of sp³-hybridized carbons (Fsp3) is 0.556. The van der Waals surface area contributed by atoms with Gasteiger partial charge in [-0.2, -0.15) is 0 Å². The summed E-state index contributed by atoms with van der Waals surface area (Å²) in [7, 11) is 0. The Morgan fingerprint density at radius 1 is 1.07 bits per heavy atom. The Morgan fingerprint density at radius 2 is 1.83 bits per heavy atom. The Morgan fingerprint density at radius 3 is 2.52 bits per heavy atom. The summed E-state index contributed by atoms with van der Waals surface area (Å²) in [6.45, 7) is 16.4. The molecule has 1 aliphatic heterocycles. The summed E-state index contributed by atoms with van der Waals surface area (Å²) >= 11 is 2.06. The van der Waals surface area contributed by atoms with Crippen molar-refractivity contribution in [2.45, 2.75) is 89.4 Å². The second-order valence-electron chi connectivity index (χ2n) is 8.87. The molecule has 2 aliphatic rings. The lowest BCUT2D eigenvalue weighted by Gasteiger charge is -2.25. The highest BCUT2D eigenvalue weighted by molar-refractivity contribution is 7.99. The molecule has 0 spiro atoms. The number of unbranched alkanes of at least 4 members (excludes halogenated alkanes) is 2. The number of allylic oxidation sites excluding steroid dienone is 4. The molecule has 1 aromatic rings. The lowest BCUT2D eigenvalue weighted by molar-refractivity contribution is 0.490. The van der Waals surface area contributed by atoms with Crippen LogP contribution in [-0.2, 0) is 6.42 Å². The molecule has 3 rings (SSSR count). The van der Waals surface area contributed by atoms with Gasteiger partial charge in [-0.15, -0.1) is 11.8 Å². The molecule has 2 heteroatoms. The summed E-state index contributed by atoms with van der Waals surface area (Å²) in [6, 6.07) is 4.87. The van der Waals surface area contributed by atoms with Crippen LogP contribution in [0.2, 0.25) is 0 Å². The van der Waals surface area contributed by atoms with Gasteiger partial charge in [0.05, 0.1) is 0 Å². The number of hydrogen-bond donors (Lipinski definition) is 0. The number of benzene rings is 1. The monoisotopic (exact) mass is 409 g/mol. The molecule has 1 atom stereocenters. The molecule has 0 bridgehead atoms. The molecule has 29 heavy (non-hydrogen) atoms. The summed E-state index contributed by atoms with van der Waals surface area (Å²) < 4.78 is 0. The van der Waals surface area contributed by atoms with Gasteiger partial charge >= 0.3 is 0 Å². The van der Waals surface area contributed by atoms with Crippen LogP contribution < -0.4 is 0 Å². The summed E-state index contributed by atoms with van der Waals surface area (Å²) in [4.78, 5) is 3.89. The third kappa shape index (κ3) is 5.60. The first kappa shape index (κ1) is 22.3. The Hall–Kier alpha value is -1.41. The van der Waals surface area contributed by atoms with Gasteiger partial charge < -0.3 is 4.90 Å². The number of likely N-dealkylation sites (tertiary alicyclic amines) is 1. The van der Waals surface area contributed by atoms with Crippen LogP contribution in [0.5, 0.6) is 0 Å². The predicted octanol–water partition coefficient (Wildman–Crippen LogP) is 8.16. The van der Waals surface area contributed by atoms with Gasteiger partial charge in [0.2, 0.25) is 0 Å². The van der Waals surface area contributed by atoms with Crippen molar-refractivity contribution in [3.63, 3.8) is 0 Å². The third-order valence-corrected chi connectivity index (χ3v) is 7.82. The van der Waals surface area contributed by atoms with Crippen LogP contribution in [0.4, 0.5) is 0 Å². The van der Waals surface area contributed by atoms with Gasteiger partial charge in [-0.05, 0) is 75.5 Å². The number of rotatable bonds is 9. The largest absolute Gasteiger partial charge is 0.349 e. The van der Waals surface area contributed by atoms with Gasteiger partial charge in [0.25, 0.3) is 0 Å². The van der Waals surface area contributed by atoms with Crippen LogP contribution in [0.15, 0.2) is 53.2 Å². The molecule has 1 saturated heterocycles. The predicted molar refractivity (Wildman–Crippen MR) is 130 cm³/mol. The first-order chi connectivity index (χ1) is 14.0. The first-order valence-electron chi connectivity index (χ1n) is 11.6. The van der Waals surface area contributed by atoms with Crippen LogP contribution in [0, 0.1) is 6.92 Å². The lowest BCUT2D eigenvalue weighted by atomic mass is 9.83. The van der Waals surface area contributed by atoms with E-state index in [0.717, 1.165) is 25.1 Å². The van der Waals surface area contributed by atoms with Crippen molar-refractivity contribution in [1.82, 2.24) is 4.90 Å². The first-order valence-corrected chi connectivity index (χ1v) is 12.5. The molecule has 0 N–H and O–H groups in total. The second kappa shape index (κ2) is 10.6. The van der Waals surface area contributed by atoms with Crippen LogP contribution in [0.1, 0.15) is 87.8 Å². The van der Waals surface area contributed by atoms with Crippen LogP contribution in [-0.4, -0.2) is 17.2 Å². The lowest BCUT2D eigenvalue weighted by Crippen LogP contribution is -2.18. The van der Waals surface area contributed by atoms with E-state index in [4.69, 9.17) is 0 Å². The minimum atomic E-state index is 0.603. The van der Waals surface area contributed by atoms with Crippen molar-refractivity contribution < 1.29 is 0 Å². The van der Waals surface area contributed by atoms with E-state index < -0.39 is 0 Å². The molecule has 0 aromatic heterocycles. The van der Waals surface area contributed by atoms with Crippen molar-refractivity contribution >= 4 is 11.8 Å². The van der Waals surface area contributed by atoms with Crippen LogP contribution in [0.25, 0.3) is 0 Å². The highest BCUT2D eigenvalue weighted by atomic mass is 32.2. The zero-order chi connectivity index (χ0) is 20.8. The normalized spacial score (nSPS) is 19.8. The fourth-order valence-corrected chi connectivity index (χ4v) is 5.99. The highest BCUT2D eigenvalue weighted by Crippen LogP contribution is 2.38. The smallest absolute Gasteiger partial charge is 0.0318 e. The fourth-order valence-electron chi connectivity index (χ4n) is 4.82. The highest BCUT2D eigenvalue weighted by Gasteiger charge is 2.21. The summed E-state index contributed by atoms with van der Waals surface area (Å²) in [5, 5.41) is 0. The molecule has 1 unspecified atom stereocenters. The quantitative estimate of drug-likeness (QED) is 0.230. The molecule has 158 valence electrons. The molecule has 1 nitrogen and oxygen atoms in total. The van der Waals surface area contributed by atoms with Crippen molar-refractivity contribution in [2.24, 2.45) is 0 Å². The summed E-state index contributed by atoms with van der Waals surface area (Å²) in [6.07, 6.45) is 13.7. The van der Waals surface area contributed by atoms with E-state index in [0.29, 0.717) is 5.92 Å². The number of hydrogen-bond acceptors (Lipinski definition) is 2. The summed E-state index contributed by atoms with van der Waals surface area (Å²) in [5.74, 6) is 1.70. The average Bonchev–Trinajstić information content (AvgIpc) is 3.02. The second-order valence-corrected chi connectivity index (χ2v) is 9.97. The Labute approximate surface area is 183 Å². The van der Waals surface area contributed by atoms with E-state index in [1.54, 1.807) is 21.6 Å². The topological polar surface area (TPSA) is 3.24 Å². The molecule has 0 radical (unpaired) electrons. The zero-order valence-electron chi connectivity index (χ0n) is 18.9. The maximum atomic E-state index is 4.23. The van der Waals surface area contributed by atoms with Gasteiger partial charge in [-0.3, -0.25) is 0 Å². The van der Waals surface area contributed by atoms with Gasteiger partial charge in [0, 0.05) is 34.5 Å². The number of aryl methyl sites for hydroxylation is 1.